The van der Waals surface area contributed by atoms with Crippen LogP contribution in [0.3, 0.4) is 0 Å². The van der Waals surface area contributed by atoms with E-state index >= 15 is 0 Å². The molecule has 0 bridgehead atoms. The number of nitrogens with one attached hydrogen (secondary N) is 1. The first-order chi connectivity index (χ1) is 7.97. The first kappa shape index (κ1) is 14.2. The zero-order valence-electron chi connectivity index (χ0n) is 9.57. The van der Waals surface area contributed by atoms with Crippen LogP contribution in [0.4, 0.5) is 0 Å². The summed E-state index contributed by atoms with van der Waals surface area (Å²) in [7, 11) is 0. The Balaban J connectivity index is 2.78. The van der Waals surface area contributed by atoms with E-state index in [9.17, 15) is 9.59 Å². The summed E-state index contributed by atoms with van der Waals surface area (Å²) in [6, 6.07) is 0.917. The van der Waals surface area contributed by atoms with Crippen LogP contribution < -0.4 is 5.32 Å². The summed E-state index contributed by atoms with van der Waals surface area (Å²) in [6.07, 6.45) is 0.697. The SMILES string of the molecule is CC[C@H](C)[C@H](NC(=O)c1sccc1Br)C(=O)O. The van der Waals surface area contributed by atoms with Crippen molar-refractivity contribution in [1.82, 2.24) is 5.32 Å². The number of amides is 1. The van der Waals surface area contributed by atoms with E-state index in [2.05, 4.69) is 21.2 Å². The second kappa shape index (κ2) is 6.16. The van der Waals surface area contributed by atoms with Crippen LogP contribution >= 0.6 is 27.3 Å². The van der Waals surface area contributed by atoms with Crippen LogP contribution in [0.25, 0.3) is 0 Å². The van der Waals surface area contributed by atoms with E-state index in [0.717, 1.165) is 0 Å². The van der Waals surface area contributed by atoms with Crippen molar-refractivity contribution in [2.24, 2.45) is 5.92 Å². The lowest BCUT2D eigenvalue weighted by Gasteiger charge is -2.19. The van der Waals surface area contributed by atoms with E-state index in [1.807, 2.05) is 13.8 Å². The maximum Gasteiger partial charge on any atom is 0.326 e. The molecule has 0 saturated carbocycles. The average molecular weight is 320 g/mol. The third-order valence-electron chi connectivity index (χ3n) is 2.59. The van der Waals surface area contributed by atoms with Gasteiger partial charge in [0.2, 0.25) is 0 Å². The minimum Gasteiger partial charge on any atom is -0.480 e. The summed E-state index contributed by atoms with van der Waals surface area (Å²) in [5, 5.41) is 13.4. The lowest BCUT2D eigenvalue weighted by Crippen LogP contribution is -2.44. The van der Waals surface area contributed by atoms with E-state index < -0.39 is 12.0 Å². The summed E-state index contributed by atoms with van der Waals surface area (Å²) >= 11 is 4.53. The van der Waals surface area contributed by atoms with Gasteiger partial charge in [-0.3, -0.25) is 4.79 Å². The van der Waals surface area contributed by atoms with Crippen molar-refractivity contribution in [2.45, 2.75) is 26.3 Å². The van der Waals surface area contributed by atoms with Crippen molar-refractivity contribution >= 4 is 39.1 Å². The van der Waals surface area contributed by atoms with Gasteiger partial charge < -0.3 is 10.4 Å². The van der Waals surface area contributed by atoms with Gasteiger partial charge in [0.1, 0.15) is 10.9 Å². The van der Waals surface area contributed by atoms with Crippen LogP contribution in [0.2, 0.25) is 0 Å². The standard InChI is InChI=1S/C11H14BrNO3S/c1-3-6(2)8(11(15)16)13-10(14)9-7(12)4-5-17-9/h4-6,8H,3H2,1-2H3,(H,13,14)(H,15,16)/t6-,8-/m0/s1. The Morgan fingerprint density at radius 1 is 1.59 bits per heavy atom. The first-order valence-corrected chi connectivity index (χ1v) is 6.91. The number of rotatable bonds is 5. The molecular formula is C11H14BrNO3S. The predicted molar refractivity (Wildman–Crippen MR) is 70.4 cm³/mol. The predicted octanol–water partition coefficient (Wildman–Crippen LogP) is 2.74. The maximum atomic E-state index is 11.9. The highest BCUT2D eigenvalue weighted by Gasteiger charge is 2.26. The molecule has 0 saturated heterocycles. The molecule has 0 aliphatic heterocycles. The third kappa shape index (κ3) is 3.54. The highest BCUT2D eigenvalue weighted by atomic mass is 79.9. The maximum absolute atomic E-state index is 11.9. The van der Waals surface area contributed by atoms with Gasteiger partial charge in [0.05, 0.1) is 0 Å². The molecule has 0 aliphatic rings. The number of halogens is 1. The van der Waals surface area contributed by atoms with Crippen molar-refractivity contribution in [3.8, 4) is 0 Å². The fourth-order valence-corrected chi connectivity index (χ4v) is 2.80. The molecule has 17 heavy (non-hydrogen) atoms. The van der Waals surface area contributed by atoms with Gasteiger partial charge in [-0.05, 0) is 33.3 Å². The van der Waals surface area contributed by atoms with Crippen molar-refractivity contribution in [2.75, 3.05) is 0 Å². The zero-order valence-corrected chi connectivity index (χ0v) is 12.0. The molecule has 0 aliphatic carbocycles. The smallest absolute Gasteiger partial charge is 0.326 e. The van der Waals surface area contributed by atoms with Crippen molar-refractivity contribution in [3.63, 3.8) is 0 Å². The fourth-order valence-electron chi connectivity index (χ4n) is 1.35. The fraction of sp³-hybridized carbons (Fsp3) is 0.455. The normalized spacial score (nSPS) is 14.1. The Morgan fingerprint density at radius 3 is 2.65 bits per heavy atom. The summed E-state index contributed by atoms with van der Waals surface area (Å²) in [4.78, 5) is 23.4. The second-order valence-corrected chi connectivity index (χ2v) is 5.54. The van der Waals surface area contributed by atoms with E-state index in [1.54, 1.807) is 11.4 Å². The molecule has 0 radical (unpaired) electrons. The van der Waals surface area contributed by atoms with Gasteiger partial charge in [0, 0.05) is 4.47 Å². The van der Waals surface area contributed by atoms with Gasteiger partial charge >= 0.3 is 5.97 Å². The summed E-state index contributed by atoms with van der Waals surface area (Å²) < 4.78 is 0.688. The minimum atomic E-state index is -1.000. The van der Waals surface area contributed by atoms with Gasteiger partial charge in [0.15, 0.2) is 0 Å². The zero-order chi connectivity index (χ0) is 13.0. The lowest BCUT2D eigenvalue weighted by atomic mass is 9.99. The molecule has 2 atom stereocenters. The molecule has 4 nitrogen and oxygen atoms in total. The Labute approximate surface area is 112 Å². The topological polar surface area (TPSA) is 66.4 Å². The third-order valence-corrected chi connectivity index (χ3v) is 4.43. The molecule has 2 N–H and O–H groups in total. The van der Waals surface area contributed by atoms with Crippen molar-refractivity contribution in [3.05, 3.63) is 20.8 Å². The summed E-state index contributed by atoms with van der Waals surface area (Å²) in [5.74, 6) is -1.45. The van der Waals surface area contributed by atoms with Crippen LogP contribution in [0.15, 0.2) is 15.9 Å². The Kier molecular flexibility index (Phi) is 5.14. The number of carboxylic acids is 1. The quantitative estimate of drug-likeness (QED) is 0.877. The van der Waals surface area contributed by atoms with Crippen LogP contribution in [-0.4, -0.2) is 23.0 Å². The average Bonchev–Trinajstić information content (AvgIpc) is 2.70. The molecule has 6 heteroatoms. The van der Waals surface area contributed by atoms with Crippen LogP contribution in [-0.2, 0) is 4.79 Å². The second-order valence-electron chi connectivity index (χ2n) is 3.77. The Bertz CT molecular complexity index is 419. The molecular weight excluding hydrogens is 306 g/mol. The van der Waals surface area contributed by atoms with Crippen molar-refractivity contribution < 1.29 is 14.7 Å². The first-order valence-electron chi connectivity index (χ1n) is 5.24. The Morgan fingerprint density at radius 2 is 2.24 bits per heavy atom. The van der Waals surface area contributed by atoms with Gasteiger partial charge in [0.25, 0.3) is 5.91 Å². The summed E-state index contributed by atoms with van der Waals surface area (Å²) in [5.41, 5.74) is 0. The van der Waals surface area contributed by atoms with Crippen molar-refractivity contribution in [1.29, 1.82) is 0 Å². The number of thiophene rings is 1. The molecule has 94 valence electrons. The highest BCUT2D eigenvalue weighted by Crippen LogP contribution is 2.22. The molecule has 0 fully saturated rings. The minimum absolute atomic E-state index is 0.102. The van der Waals surface area contributed by atoms with E-state index in [0.29, 0.717) is 15.8 Å². The van der Waals surface area contributed by atoms with E-state index in [1.165, 1.54) is 11.3 Å². The molecule has 0 aromatic carbocycles. The largest absolute Gasteiger partial charge is 0.480 e. The monoisotopic (exact) mass is 319 g/mol. The number of carboxylic acid groups (broad SMARTS) is 1. The molecule has 1 amide bonds. The summed E-state index contributed by atoms with van der Waals surface area (Å²) in [6.45, 7) is 3.70. The number of carbonyl (C=O) groups excluding carboxylic acids is 1. The van der Waals surface area contributed by atoms with Gasteiger partial charge in [-0.1, -0.05) is 20.3 Å². The number of carbonyl (C=O) groups is 2. The van der Waals surface area contributed by atoms with Gasteiger partial charge in [-0.15, -0.1) is 11.3 Å². The highest BCUT2D eigenvalue weighted by molar-refractivity contribution is 9.10. The molecule has 1 aromatic heterocycles. The van der Waals surface area contributed by atoms with Crippen LogP contribution in [0, 0.1) is 5.92 Å². The van der Waals surface area contributed by atoms with Gasteiger partial charge in [-0.2, -0.15) is 0 Å². The molecule has 1 rings (SSSR count). The molecule has 0 unspecified atom stereocenters. The Hall–Kier alpha value is -0.880. The number of hydrogen-bond donors (Lipinski definition) is 2. The lowest BCUT2D eigenvalue weighted by molar-refractivity contribution is -0.140. The van der Waals surface area contributed by atoms with E-state index in [-0.39, 0.29) is 11.8 Å². The molecule has 1 aromatic rings. The van der Waals surface area contributed by atoms with Crippen LogP contribution in [0.1, 0.15) is 29.9 Å². The van der Waals surface area contributed by atoms with E-state index in [4.69, 9.17) is 5.11 Å². The molecule has 1 heterocycles. The van der Waals surface area contributed by atoms with Crippen LogP contribution in [0.5, 0.6) is 0 Å². The molecule has 0 spiro atoms. The number of aliphatic carboxylic acids is 1. The van der Waals surface area contributed by atoms with Gasteiger partial charge in [-0.25, -0.2) is 4.79 Å². The number of hydrogen-bond acceptors (Lipinski definition) is 3.